The predicted molar refractivity (Wildman–Crippen MR) is 99.6 cm³/mol. The molecular weight excluding hydrogens is 401 g/mol. The first-order valence-corrected chi connectivity index (χ1v) is 10.6. The third-order valence-electron chi connectivity index (χ3n) is 3.99. The van der Waals surface area contributed by atoms with E-state index in [-0.39, 0.29) is 23.2 Å². The highest BCUT2D eigenvalue weighted by atomic mass is 35.5. The summed E-state index contributed by atoms with van der Waals surface area (Å²) in [5.41, 5.74) is 0.0679. The molecule has 1 fully saturated rings. The normalized spacial score (nSPS) is 16.5. The highest BCUT2D eigenvalue weighted by molar-refractivity contribution is 7.91. The summed E-state index contributed by atoms with van der Waals surface area (Å²) in [6, 6.07) is 7.31. The van der Waals surface area contributed by atoms with Gasteiger partial charge in [-0.05, 0) is 29.6 Å². The Hall–Kier alpha value is -1.52. The van der Waals surface area contributed by atoms with Gasteiger partial charge in [-0.1, -0.05) is 17.7 Å². The Morgan fingerprint density at radius 2 is 1.96 bits per heavy atom. The molecule has 1 aromatic heterocycles. The molecule has 0 unspecified atom stereocenters. The second-order valence-corrected chi connectivity index (χ2v) is 9.33. The van der Waals surface area contributed by atoms with Gasteiger partial charge in [0.05, 0.1) is 12.2 Å². The summed E-state index contributed by atoms with van der Waals surface area (Å²) in [7, 11) is -3.47. The lowest BCUT2D eigenvalue weighted by molar-refractivity contribution is -0.117. The fourth-order valence-corrected chi connectivity index (χ4v) is 5.37. The van der Waals surface area contributed by atoms with E-state index in [2.05, 4.69) is 5.32 Å². The van der Waals surface area contributed by atoms with Crippen molar-refractivity contribution in [3.63, 3.8) is 0 Å². The van der Waals surface area contributed by atoms with Gasteiger partial charge in [0.2, 0.25) is 5.91 Å². The molecular formula is C16H17ClFN3O3S2. The van der Waals surface area contributed by atoms with Crippen LogP contribution in [0.3, 0.4) is 0 Å². The van der Waals surface area contributed by atoms with Crippen LogP contribution in [-0.4, -0.2) is 56.3 Å². The van der Waals surface area contributed by atoms with Gasteiger partial charge < -0.3 is 5.32 Å². The molecule has 26 heavy (non-hydrogen) atoms. The minimum absolute atomic E-state index is 0.0644. The van der Waals surface area contributed by atoms with Crippen LogP contribution in [0, 0.1) is 5.82 Å². The third kappa shape index (κ3) is 4.41. The number of carbonyl (C=O) groups excluding carboxylic acids is 1. The van der Waals surface area contributed by atoms with Gasteiger partial charge in [0, 0.05) is 31.2 Å². The quantitative estimate of drug-likeness (QED) is 0.811. The van der Waals surface area contributed by atoms with Crippen molar-refractivity contribution in [1.82, 2.24) is 9.21 Å². The summed E-state index contributed by atoms with van der Waals surface area (Å²) in [5, 5.41) is 4.48. The first-order valence-electron chi connectivity index (χ1n) is 7.87. The van der Waals surface area contributed by atoms with Gasteiger partial charge in [-0.15, -0.1) is 11.3 Å². The number of amides is 1. The molecule has 2 aromatic rings. The van der Waals surface area contributed by atoms with Crippen molar-refractivity contribution < 1.29 is 17.6 Å². The van der Waals surface area contributed by atoms with Gasteiger partial charge in [0.15, 0.2) is 0 Å². The number of anilines is 1. The number of hydrogen-bond donors (Lipinski definition) is 1. The Bertz CT molecular complexity index is 882. The summed E-state index contributed by atoms with van der Waals surface area (Å²) >= 11 is 6.87. The van der Waals surface area contributed by atoms with Crippen LogP contribution in [-0.2, 0) is 14.8 Å². The van der Waals surface area contributed by atoms with Gasteiger partial charge in [0.25, 0.3) is 10.0 Å². The van der Waals surface area contributed by atoms with Crippen LogP contribution in [0.2, 0.25) is 5.02 Å². The van der Waals surface area contributed by atoms with E-state index < -0.39 is 15.8 Å². The molecule has 1 aliphatic rings. The molecule has 0 radical (unpaired) electrons. The topological polar surface area (TPSA) is 69.7 Å². The molecule has 0 atom stereocenters. The van der Waals surface area contributed by atoms with E-state index in [4.69, 9.17) is 11.6 Å². The van der Waals surface area contributed by atoms with Crippen molar-refractivity contribution in [3.05, 3.63) is 46.6 Å². The van der Waals surface area contributed by atoms with E-state index in [0.717, 1.165) is 6.07 Å². The van der Waals surface area contributed by atoms with Gasteiger partial charge in [-0.2, -0.15) is 4.31 Å². The number of thiophene rings is 1. The number of nitrogens with one attached hydrogen (secondary N) is 1. The van der Waals surface area contributed by atoms with Crippen LogP contribution in [0.25, 0.3) is 0 Å². The largest absolute Gasteiger partial charge is 0.322 e. The zero-order valence-electron chi connectivity index (χ0n) is 13.7. The monoisotopic (exact) mass is 417 g/mol. The van der Waals surface area contributed by atoms with Crippen LogP contribution in [0.5, 0.6) is 0 Å². The molecule has 140 valence electrons. The maximum atomic E-state index is 13.7. The van der Waals surface area contributed by atoms with Gasteiger partial charge in [-0.3, -0.25) is 9.69 Å². The minimum atomic E-state index is -3.47. The number of benzene rings is 1. The van der Waals surface area contributed by atoms with E-state index >= 15 is 0 Å². The lowest BCUT2D eigenvalue weighted by Gasteiger charge is -2.33. The van der Waals surface area contributed by atoms with Crippen LogP contribution in [0.1, 0.15) is 0 Å². The Morgan fingerprint density at radius 3 is 2.58 bits per heavy atom. The summed E-state index contributed by atoms with van der Waals surface area (Å²) in [5.74, 6) is -0.960. The van der Waals surface area contributed by atoms with E-state index in [1.807, 2.05) is 4.90 Å². The second-order valence-electron chi connectivity index (χ2n) is 5.78. The minimum Gasteiger partial charge on any atom is -0.322 e. The van der Waals surface area contributed by atoms with Crippen LogP contribution in [0.15, 0.2) is 39.9 Å². The van der Waals surface area contributed by atoms with Crippen LogP contribution >= 0.6 is 22.9 Å². The lowest BCUT2D eigenvalue weighted by Crippen LogP contribution is -2.50. The Labute approximate surface area is 160 Å². The van der Waals surface area contributed by atoms with Crippen LogP contribution < -0.4 is 5.32 Å². The summed E-state index contributed by atoms with van der Waals surface area (Å²) in [4.78, 5) is 13.9. The predicted octanol–water partition coefficient (Wildman–Crippen LogP) is 2.49. The highest BCUT2D eigenvalue weighted by Crippen LogP contribution is 2.22. The SMILES string of the molecule is O=C(CN1CCN(S(=O)(=O)c2cccs2)CC1)Nc1ccc(Cl)cc1F. The molecule has 0 aliphatic carbocycles. The number of sulfonamides is 1. The zero-order valence-corrected chi connectivity index (χ0v) is 16.1. The Kier molecular flexibility index (Phi) is 5.93. The fourth-order valence-electron chi connectivity index (χ4n) is 2.65. The van der Waals surface area contributed by atoms with Crippen molar-refractivity contribution in [2.24, 2.45) is 0 Å². The van der Waals surface area contributed by atoms with E-state index in [9.17, 15) is 17.6 Å². The highest BCUT2D eigenvalue weighted by Gasteiger charge is 2.29. The van der Waals surface area contributed by atoms with Crippen molar-refractivity contribution >= 4 is 44.6 Å². The third-order valence-corrected chi connectivity index (χ3v) is 7.50. The number of nitrogens with zero attached hydrogens (tertiary/aromatic N) is 2. The fraction of sp³-hybridized carbons (Fsp3) is 0.312. The van der Waals surface area contributed by atoms with E-state index in [1.54, 1.807) is 17.5 Å². The molecule has 1 N–H and O–H groups in total. The summed E-state index contributed by atoms with van der Waals surface area (Å²) < 4.78 is 40.4. The molecule has 1 aliphatic heterocycles. The molecule has 0 bridgehead atoms. The molecule has 1 saturated heterocycles. The second kappa shape index (κ2) is 8.01. The molecule has 3 rings (SSSR count). The maximum Gasteiger partial charge on any atom is 0.252 e. The van der Waals surface area contributed by atoms with E-state index in [0.29, 0.717) is 30.4 Å². The van der Waals surface area contributed by atoms with E-state index in [1.165, 1.54) is 27.8 Å². The van der Waals surface area contributed by atoms with Crippen molar-refractivity contribution in [2.75, 3.05) is 38.0 Å². The molecule has 2 heterocycles. The molecule has 0 saturated carbocycles. The average molecular weight is 418 g/mol. The standard InChI is InChI=1S/C16H17ClFN3O3S2/c17-12-3-4-14(13(18)10-12)19-15(22)11-20-5-7-21(8-6-20)26(23,24)16-2-1-9-25-16/h1-4,9-10H,5-8,11H2,(H,19,22). The molecule has 1 amide bonds. The Balaban J connectivity index is 1.53. The van der Waals surface area contributed by atoms with Crippen molar-refractivity contribution in [1.29, 1.82) is 0 Å². The Morgan fingerprint density at radius 1 is 1.23 bits per heavy atom. The number of hydrogen-bond acceptors (Lipinski definition) is 5. The maximum absolute atomic E-state index is 13.7. The van der Waals surface area contributed by atoms with Crippen molar-refractivity contribution in [3.8, 4) is 0 Å². The number of carbonyl (C=O) groups is 1. The van der Waals surface area contributed by atoms with Gasteiger partial charge in [-0.25, -0.2) is 12.8 Å². The van der Waals surface area contributed by atoms with Crippen molar-refractivity contribution in [2.45, 2.75) is 4.21 Å². The number of piperazine rings is 1. The number of halogens is 2. The smallest absolute Gasteiger partial charge is 0.252 e. The number of rotatable bonds is 5. The van der Waals surface area contributed by atoms with Gasteiger partial charge in [0.1, 0.15) is 10.0 Å². The molecule has 0 spiro atoms. The molecule has 10 heteroatoms. The first kappa shape index (κ1) is 19.2. The van der Waals surface area contributed by atoms with Crippen LogP contribution in [0.4, 0.5) is 10.1 Å². The lowest BCUT2D eigenvalue weighted by atomic mass is 10.3. The average Bonchev–Trinajstić information content (AvgIpc) is 3.13. The van der Waals surface area contributed by atoms with Gasteiger partial charge >= 0.3 is 0 Å². The first-order chi connectivity index (χ1) is 12.4. The zero-order chi connectivity index (χ0) is 18.7. The molecule has 6 nitrogen and oxygen atoms in total. The summed E-state index contributed by atoms with van der Waals surface area (Å²) in [6.07, 6.45) is 0. The summed E-state index contributed by atoms with van der Waals surface area (Å²) in [6.45, 7) is 1.54. The molecule has 1 aromatic carbocycles.